The van der Waals surface area contributed by atoms with Gasteiger partial charge < -0.3 is 0 Å². The van der Waals surface area contributed by atoms with Crippen LogP contribution in [0.2, 0.25) is 0 Å². The van der Waals surface area contributed by atoms with E-state index in [4.69, 9.17) is 0 Å². The van der Waals surface area contributed by atoms with Crippen LogP contribution in [0, 0.1) is 0 Å². The number of nitrogens with zero attached hydrogens (tertiary/aromatic N) is 3. The van der Waals surface area contributed by atoms with E-state index >= 15 is 0 Å². The van der Waals surface area contributed by atoms with Crippen LogP contribution < -0.4 is 0 Å². The molecule has 0 atom stereocenters. The van der Waals surface area contributed by atoms with Crippen molar-refractivity contribution in [3.05, 3.63) is 18.5 Å². The second kappa shape index (κ2) is 6.38. The summed E-state index contributed by atoms with van der Waals surface area (Å²) < 4.78 is 0. The van der Waals surface area contributed by atoms with Crippen LogP contribution in [-0.2, 0) is 0 Å². The van der Waals surface area contributed by atoms with Crippen LogP contribution in [0.3, 0.4) is 0 Å². The summed E-state index contributed by atoms with van der Waals surface area (Å²) in [4.78, 5) is 20.4. The molecule has 0 radical (unpaired) electrons. The van der Waals surface area contributed by atoms with Gasteiger partial charge in [0, 0.05) is 0 Å². The number of aromatic nitrogens is 3. The highest BCUT2D eigenvalue weighted by Crippen LogP contribution is 1.73. The molecule has 1 aromatic heterocycles. The Morgan fingerprint density at radius 3 is 2.00 bits per heavy atom. The maximum absolute atomic E-state index is 9.85. The summed E-state index contributed by atoms with van der Waals surface area (Å²) in [5, 5.41) is 0. The van der Waals surface area contributed by atoms with Gasteiger partial charge in [0.1, 0.15) is 12.7 Å². The van der Waals surface area contributed by atoms with Crippen molar-refractivity contribution in [3.63, 3.8) is 0 Å². The van der Waals surface area contributed by atoms with Crippen LogP contribution in [0.1, 0.15) is 10.6 Å². The van der Waals surface area contributed by atoms with E-state index in [1.807, 2.05) is 0 Å². The number of hydrogen-bond donors (Lipinski definition) is 0. The highest BCUT2D eigenvalue weighted by atomic mass is 35.5. The molecule has 4 nitrogen and oxygen atoms in total. The third kappa shape index (κ3) is 3.32. The first-order valence-electron chi connectivity index (χ1n) is 2.00. The normalized spacial score (nSPS) is 6.80. The molecule has 0 fully saturated rings. The van der Waals surface area contributed by atoms with Gasteiger partial charge >= 0.3 is 0 Å². The van der Waals surface area contributed by atoms with E-state index < -0.39 is 0 Å². The molecule has 0 aliphatic rings. The van der Waals surface area contributed by atoms with E-state index in [0.717, 1.165) is 0 Å². The molecule has 1 rings (SSSR count). The van der Waals surface area contributed by atoms with Gasteiger partial charge in [0.2, 0.25) is 0 Å². The predicted molar refractivity (Wildman–Crippen MR) is 39.7 cm³/mol. The van der Waals surface area contributed by atoms with Crippen molar-refractivity contribution in [2.75, 3.05) is 0 Å². The van der Waals surface area contributed by atoms with Crippen LogP contribution in [0.5, 0.6) is 0 Å². The quantitative estimate of drug-likeness (QED) is 0.594. The number of carbonyl (C=O) groups excluding carboxylic acids is 1. The van der Waals surface area contributed by atoms with Crippen molar-refractivity contribution in [1.82, 2.24) is 15.0 Å². The van der Waals surface area contributed by atoms with Gasteiger partial charge in [-0.05, 0) is 0 Å². The highest BCUT2D eigenvalue weighted by molar-refractivity contribution is 5.85. The molecule has 0 saturated carbocycles. The number of halogens is 2. The Hall–Kier alpha value is -0.740. The molecule has 0 unspecified atom stereocenters. The van der Waals surface area contributed by atoms with Crippen molar-refractivity contribution in [3.8, 4) is 0 Å². The van der Waals surface area contributed by atoms with E-state index in [2.05, 4.69) is 15.0 Å². The number of rotatable bonds is 1. The molecular formula is C4H5Cl2N3O. The maximum Gasteiger partial charge on any atom is 0.195 e. The topological polar surface area (TPSA) is 55.7 Å². The molecule has 0 aliphatic heterocycles. The minimum absolute atomic E-state index is 0. The summed E-state index contributed by atoms with van der Waals surface area (Å²) in [6, 6.07) is 0. The fourth-order valence-corrected chi connectivity index (χ4v) is 0.309. The Kier molecular flexibility index (Phi) is 7.65. The lowest BCUT2D eigenvalue weighted by atomic mass is 10.7. The Bertz CT molecular complexity index is 181. The second-order valence-corrected chi connectivity index (χ2v) is 1.11. The summed E-state index contributed by atoms with van der Waals surface area (Å²) in [6.07, 6.45) is 3.12. The molecule has 0 aromatic carbocycles. The minimum Gasteiger partial charge on any atom is -0.294 e. The third-order valence-electron chi connectivity index (χ3n) is 0.619. The smallest absolute Gasteiger partial charge is 0.195 e. The van der Waals surface area contributed by atoms with E-state index in [1.54, 1.807) is 0 Å². The first-order valence-corrected chi connectivity index (χ1v) is 2.00. The molecule has 0 aliphatic carbocycles. The van der Waals surface area contributed by atoms with E-state index in [-0.39, 0.29) is 30.6 Å². The fourth-order valence-electron chi connectivity index (χ4n) is 0.309. The van der Waals surface area contributed by atoms with Gasteiger partial charge in [-0.1, -0.05) is 0 Å². The Morgan fingerprint density at radius 1 is 1.20 bits per heavy atom. The van der Waals surface area contributed by atoms with E-state index in [0.29, 0.717) is 6.29 Å². The molecule has 0 amide bonds. The van der Waals surface area contributed by atoms with Gasteiger partial charge in [-0.2, -0.15) is 0 Å². The molecular weight excluding hydrogens is 177 g/mol. The van der Waals surface area contributed by atoms with Crippen molar-refractivity contribution < 1.29 is 4.79 Å². The first-order chi connectivity index (χ1) is 3.93. The molecule has 1 aromatic rings. The van der Waals surface area contributed by atoms with Gasteiger partial charge in [-0.25, -0.2) is 15.0 Å². The second-order valence-electron chi connectivity index (χ2n) is 1.11. The third-order valence-corrected chi connectivity index (χ3v) is 0.619. The molecule has 0 N–H and O–H groups in total. The van der Waals surface area contributed by atoms with Crippen molar-refractivity contribution in [1.29, 1.82) is 0 Å². The number of hydrogen-bond acceptors (Lipinski definition) is 4. The molecule has 10 heavy (non-hydrogen) atoms. The molecule has 1 heterocycles. The molecule has 56 valence electrons. The summed E-state index contributed by atoms with van der Waals surface area (Å²) in [5.41, 5.74) is 0. The van der Waals surface area contributed by atoms with E-state index in [1.165, 1.54) is 12.7 Å². The van der Waals surface area contributed by atoms with Crippen LogP contribution in [-0.4, -0.2) is 21.2 Å². The van der Waals surface area contributed by atoms with Gasteiger partial charge in [0.15, 0.2) is 12.1 Å². The summed E-state index contributed by atoms with van der Waals surface area (Å²) in [6.45, 7) is 0. The Labute approximate surface area is 69.9 Å². The lowest BCUT2D eigenvalue weighted by molar-refractivity contribution is 0.111. The van der Waals surface area contributed by atoms with Gasteiger partial charge in [-0.3, -0.25) is 4.79 Å². The van der Waals surface area contributed by atoms with Gasteiger partial charge in [0.25, 0.3) is 0 Å². The standard InChI is InChI=1S/C4H3N3O.2ClH/c8-1-4-6-2-5-3-7-4;;/h1-3H;2*1H. The van der Waals surface area contributed by atoms with Crippen molar-refractivity contribution in [2.45, 2.75) is 0 Å². The summed E-state index contributed by atoms with van der Waals surface area (Å²) >= 11 is 0. The largest absolute Gasteiger partial charge is 0.294 e. The first kappa shape index (κ1) is 12.0. The predicted octanol–water partition coefficient (Wildman–Crippen LogP) is 0.528. The molecule has 0 saturated heterocycles. The van der Waals surface area contributed by atoms with Crippen molar-refractivity contribution in [2.24, 2.45) is 0 Å². The van der Waals surface area contributed by atoms with Crippen molar-refractivity contribution >= 4 is 31.1 Å². The zero-order valence-corrected chi connectivity index (χ0v) is 6.43. The lowest BCUT2D eigenvalue weighted by Crippen LogP contribution is -1.90. The zero-order valence-electron chi connectivity index (χ0n) is 4.80. The Morgan fingerprint density at radius 2 is 1.70 bits per heavy atom. The molecule has 0 bridgehead atoms. The average molecular weight is 182 g/mol. The minimum atomic E-state index is 0. The van der Waals surface area contributed by atoms with Gasteiger partial charge in [0.05, 0.1) is 0 Å². The average Bonchev–Trinajstić information content (AvgIpc) is 1.90. The van der Waals surface area contributed by atoms with Gasteiger partial charge in [-0.15, -0.1) is 24.8 Å². The maximum atomic E-state index is 9.85. The zero-order chi connectivity index (χ0) is 5.82. The summed E-state index contributed by atoms with van der Waals surface area (Å²) in [7, 11) is 0. The van der Waals surface area contributed by atoms with Crippen LogP contribution >= 0.6 is 24.8 Å². The highest BCUT2D eigenvalue weighted by Gasteiger charge is 1.84. The lowest BCUT2D eigenvalue weighted by Gasteiger charge is -1.80. The van der Waals surface area contributed by atoms with Crippen LogP contribution in [0.15, 0.2) is 12.7 Å². The molecule has 6 heteroatoms. The monoisotopic (exact) mass is 181 g/mol. The Balaban J connectivity index is 0. The number of aldehydes is 1. The van der Waals surface area contributed by atoms with E-state index in [9.17, 15) is 4.79 Å². The van der Waals surface area contributed by atoms with Crippen LogP contribution in [0.4, 0.5) is 0 Å². The van der Waals surface area contributed by atoms with Crippen LogP contribution in [0.25, 0.3) is 0 Å². The fraction of sp³-hybridized carbons (Fsp3) is 0. The molecule has 0 spiro atoms. The summed E-state index contributed by atoms with van der Waals surface area (Å²) in [5.74, 6) is 0.167. The number of carbonyl (C=O) groups is 1. The SMILES string of the molecule is Cl.Cl.O=Cc1ncncn1.